The molecule has 2 N–H and O–H groups in total. The first-order chi connectivity index (χ1) is 8.67. The SMILES string of the molecule is CCC(C)c1nc(N(C)C2CCSC2)sc1CN. The van der Waals surface area contributed by atoms with E-state index in [1.165, 1.54) is 28.5 Å². The molecule has 2 rings (SSSR count). The highest BCUT2D eigenvalue weighted by Gasteiger charge is 2.24. The number of nitrogens with two attached hydrogens (primary N) is 1. The van der Waals surface area contributed by atoms with E-state index in [4.69, 9.17) is 10.7 Å². The lowest BCUT2D eigenvalue weighted by Crippen LogP contribution is -2.31. The third kappa shape index (κ3) is 2.83. The summed E-state index contributed by atoms with van der Waals surface area (Å²) in [7, 11) is 2.18. The van der Waals surface area contributed by atoms with Crippen LogP contribution in [-0.2, 0) is 6.54 Å². The molecule has 2 unspecified atom stereocenters. The molecule has 2 heterocycles. The van der Waals surface area contributed by atoms with Crippen molar-refractivity contribution in [2.24, 2.45) is 5.73 Å². The molecule has 5 heteroatoms. The molecule has 0 amide bonds. The summed E-state index contributed by atoms with van der Waals surface area (Å²) in [5.74, 6) is 3.02. The van der Waals surface area contributed by atoms with Crippen molar-refractivity contribution in [3.05, 3.63) is 10.6 Å². The summed E-state index contributed by atoms with van der Waals surface area (Å²) < 4.78 is 0. The van der Waals surface area contributed by atoms with E-state index in [9.17, 15) is 0 Å². The van der Waals surface area contributed by atoms with Crippen molar-refractivity contribution < 1.29 is 0 Å². The van der Waals surface area contributed by atoms with Crippen LogP contribution >= 0.6 is 23.1 Å². The topological polar surface area (TPSA) is 42.2 Å². The lowest BCUT2D eigenvalue weighted by Gasteiger charge is -2.22. The number of anilines is 1. The zero-order valence-corrected chi connectivity index (χ0v) is 13.1. The van der Waals surface area contributed by atoms with Gasteiger partial charge in [0.2, 0.25) is 0 Å². The van der Waals surface area contributed by atoms with Gasteiger partial charge in [-0.2, -0.15) is 11.8 Å². The second-order valence-electron chi connectivity index (χ2n) is 4.95. The summed E-state index contributed by atoms with van der Waals surface area (Å²) >= 11 is 3.82. The van der Waals surface area contributed by atoms with E-state index in [-0.39, 0.29) is 0 Å². The van der Waals surface area contributed by atoms with Crippen molar-refractivity contribution in [1.29, 1.82) is 0 Å². The van der Waals surface area contributed by atoms with E-state index in [0.29, 0.717) is 18.5 Å². The van der Waals surface area contributed by atoms with Crippen molar-refractivity contribution in [3.63, 3.8) is 0 Å². The van der Waals surface area contributed by atoms with Crippen molar-refractivity contribution in [2.45, 2.75) is 45.2 Å². The Bertz CT molecular complexity index is 386. The summed E-state index contributed by atoms with van der Waals surface area (Å²) in [6.45, 7) is 5.06. The quantitative estimate of drug-likeness (QED) is 0.903. The van der Waals surface area contributed by atoms with Crippen LogP contribution in [0.3, 0.4) is 0 Å². The maximum atomic E-state index is 5.86. The minimum atomic E-state index is 0.514. The Labute approximate surface area is 118 Å². The maximum absolute atomic E-state index is 5.86. The average Bonchev–Trinajstić information content (AvgIpc) is 3.05. The number of aromatic nitrogens is 1. The molecule has 2 atom stereocenters. The molecule has 1 saturated heterocycles. The lowest BCUT2D eigenvalue weighted by molar-refractivity contribution is 0.681. The van der Waals surface area contributed by atoms with E-state index in [2.05, 4.69) is 25.8 Å². The van der Waals surface area contributed by atoms with Crippen LogP contribution < -0.4 is 10.6 Å². The molecular weight excluding hydrogens is 262 g/mol. The fourth-order valence-electron chi connectivity index (χ4n) is 2.21. The van der Waals surface area contributed by atoms with E-state index in [1.807, 2.05) is 11.8 Å². The highest BCUT2D eigenvalue weighted by Crippen LogP contribution is 2.34. The van der Waals surface area contributed by atoms with Crippen LogP contribution in [0, 0.1) is 0 Å². The molecule has 1 aliphatic heterocycles. The van der Waals surface area contributed by atoms with E-state index in [0.717, 1.165) is 11.6 Å². The fraction of sp³-hybridized carbons (Fsp3) is 0.769. The first kappa shape index (κ1) is 14.2. The van der Waals surface area contributed by atoms with Gasteiger partial charge in [-0.3, -0.25) is 0 Å². The molecule has 0 spiro atoms. The van der Waals surface area contributed by atoms with Crippen LogP contribution in [-0.4, -0.2) is 29.6 Å². The molecule has 0 bridgehead atoms. The Morgan fingerprint density at radius 2 is 2.33 bits per heavy atom. The predicted molar refractivity (Wildman–Crippen MR) is 82.8 cm³/mol. The minimum Gasteiger partial charge on any atom is -0.347 e. The van der Waals surface area contributed by atoms with Gasteiger partial charge in [-0.1, -0.05) is 13.8 Å². The standard InChI is InChI=1S/C13H23N3S2/c1-4-9(2)12-11(7-14)18-13(15-12)16(3)10-5-6-17-8-10/h9-10H,4-8,14H2,1-3H3. The first-order valence-electron chi connectivity index (χ1n) is 6.67. The van der Waals surface area contributed by atoms with Crippen molar-refractivity contribution in [3.8, 4) is 0 Å². The highest BCUT2D eigenvalue weighted by atomic mass is 32.2. The highest BCUT2D eigenvalue weighted by molar-refractivity contribution is 7.99. The van der Waals surface area contributed by atoms with Gasteiger partial charge in [0, 0.05) is 30.3 Å². The molecule has 18 heavy (non-hydrogen) atoms. The largest absolute Gasteiger partial charge is 0.347 e. The van der Waals surface area contributed by atoms with Gasteiger partial charge in [-0.05, 0) is 24.5 Å². The third-order valence-electron chi connectivity index (χ3n) is 3.74. The molecule has 0 saturated carbocycles. The second kappa shape index (κ2) is 6.26. The zero-order valence-electron chi connectivity index (χ0n) is 11.5. The molecule has 0 aliphatic carbocycles. The van der Waals surface area contributed by atoms with Gasteiger partial charge in [-0.15, -0.1) is 11.3 Å². The molecule has 0 aromatic carbocycles. The molecular formula is C13H23N3S2. The van der Waals surface area contributed by atoms with Crippen molar-refractivity contribution >= 4 is 28.2 Å². The van der Waals surface area contributed by atoms with Crippen LogP contribution in [0.25, 0.3) is 0 Å². The molecule has 0 radical (unpaired) electrons. The Morgan fingerprint density at radius 3 is 2.89 bits per heavy atom. The molecule has 102 valence electrons. The van der Waals surface area contributed by atoms with Crippen molar-refractivity contribution in [2.75, 3.05) is 23.5 Å². The van der Waals surface area contributed by atoms with Crippen LogP contribution in [0.5, 0.6) is 0 Å². The monoisotopic (exact) mass is 285 g/mol. The molecule has 1 aromatic rings. The van der Waals surface area contributed by atoms with Crippen molar-refractivity contribution in [1.82, 2.24) is 4.98 Å². The summed E-state index contributed by atoms with van der Waals surface area (Å²) in [6.07, 6.45) is 2.40. The third-order valence-corrected chi connectivity index (χ3v) is 6.06. The maximum Gasteiger partial charge on any atom is 0.185 e. The second-order valence-corrected chi connectivity index (χ2v) is 7.16. The van der Waals surface area contributed by atoms with E-state index >= 15 is 0 Å². The summed E-state index contributed by atoms with van der Waals surface area (Å²) in [6, 6.07) is 0.650. The minimum absolute atomic E-state index is 0.514. The van der Waals surface area contributed by atoms with Gasteiger partial charge in [0.25, 0.3) is 0 Å². The molecule has 3 nitrogen and oxygen atoms in total. The number of thioether (sulfide) groups is 1. The van der Waals surface area contributed by atoms with Gasteiger partial charge < -0.3 is 10.6 Å². The van der Waals surface area contributed by atoms with Crippen LogP contribution in [0.15, 0.2) is 0 Å². The number of hydrogen-bond acceptors (Lipinski definition) is 5. The van der Waals surface area contributed by atoms with E-state index < -0.39 is 0 Å². The molecule has 1 aromatic heterocycles. The molecule has 1 fully saturated rings. The lowest BCUT2D eigenvalue weighted by atomic mass is 10.0. The van der Waals surface area contributed by atoms with Crippen LogP contribution in [0.1, 0.15) is 43.2 Å². The first-order valence-corrected chi connectivity index (χ1v) is 8.64. The van der Waals surface area contributed by atoms with Crippen LogP contribution in [0.2, 0.25) is 0 Å². The Kier molecular flexibility index (Phi) is 4.92. The fourth-order valence-corrected chi connectivity index (χ4v) is 4.57. The van der Waals surface area contributed by atoms with Gasteiger partial charge >= 0.3 is 0 Å². The zero-order chi connectivity index (χ0) is 13.1. The Morgan fingerprint density at radius 1 is 1.56 bits per heavy atom. The smallest absolute Gasteiger partial charge is 0.185 e. The molecule has 1 aliphatic rings. The number of rotatable bonds is 5. The van der Waals surface area contributed by atoms with Crippen LogP contribution in [0.4, 0.5) is 5.13 Å². The number of hydrogen-bond donors (Lipinski definition) is 1. The number of thiazole rings is 1. The Hall–Kier alpha value is -0.260. The summed E-state index contributed by atoms with van der Waals surface area (Å²) in [5, 5.41) is 1.15. The summed E-state index contributed by atoms with van der Waals surface area (Å²) in [4.78, 5) is 8.47. The summed E-state index contributed by atoms with van der Waals surface area (Å²) in [5.41, 5.74) is 7.08. The predicted octanol–water partition coefficient (Wildman–Crippen LogP) is 3.06. The van der Waals surface area contributed by atoms with Gasteiger partial charge in [0.05, 0.1) is 5.69 Å². The average molecular weight is 285 g/mol. The van der Waals surface area contributed by atoms with E-state index in [1.54, 1.807) is 11.3 Å². The normalized spacial score (nSPS) is 21.2. The van der Waals surface area contributed by atoms with Gasteiger partial charge in [-0.25, -0.2) is 4.98 Å². The Balaban J connectivity index is 2.20. The van der Waals surface area contributed by atoms with Gasteiger partial charge in [0.1, 0.15) is 0 Å². The number of nitrogens with zero attached hydrogens (tertiary/aromatic N) is 2. The van der Waals surface area contributed by atoms with Gasteiger partial charge in [0.15, 0.2) is 5.13 Å².